The Morgan fingerprint density at radius 3 is 2.89 bits per heavy atom. The summed E-state index contributed by atoms with van der Waals surface area (Å²) in [6.45, 7) is 2.04. The van der Waals surface area contributed by atoms with Crippen LogP contribution in [0.2, 0.25) is 0 Å². The summed E-state index contributed by atoms with van der Waals surface area (Å²) in [7, 11) is 0. The number of fused-ring (bicyclic) bond motifs is 1. The van der Waals surface area contributed by atoms with Crippen LogP contribution in [-0.2, 0) is 0 Å². The lowest BCUT2D eigenvalue weighted by molar-refractivity contribution is 0.393. The molecule has 18 heavy (non-hydrogen) atoms. The van der Waals surface area contributed by atoms with Crippen molar-refractivity contribution in [1.29, 1.82) is 0 Å². The molecule has 1 saturated carbocycles. The number of rotatable bonds is 1. The van der Waals surface area contributed by atoms with Crippen molar-refractivity contribution >= 4 is 10.9 Å². The van der Waals surface area contributed by atoms with Gasteiger partial charge >= 0.3 is 0 Å². The Hall–Kier alpha value is -1.41. The lowest BCUT2D eigenvalue weighted by atomic mass is 9.81. The van der Waals surface area contributed by atoms with Gasteiger partial charge in [-0.2, -0.15) is 0 Å². The normalized spacial score (nSPS) is 24.3. The average molecular weight is 240 g/mol. The molecule has 0 amide bonds. The standard InChI is InChI=1S/C16H20N2/c1-11-5-6-14-9-13(7-8-16(14)18-11)12-3-2-4-15(17)10-12/h5-9,12,15H,2-4,10,17H2,1H3. The van der Waals surface area contributed by atoms with Crippen LogP contribution >= 0.6 is 0 Å². The van der Waals surface area contributed by atoms with E-state index in [1.165, 1.54) is 30.2 Å². The second-order valence-corrected chi connectivity index (χ2v) is 5.53. The number of pyridine rings is 1. The fraction of sp³-hybridized carbons (Fsp3) is 0.438. The first-order valence-corrected chi connectivity index (χ1v) is 6.85. The van der Waals surface area contributed by atoms with Crippen molar-refractivity contribution in [2.45, 2.75) is 44.6 Å². The van der Waals surface area contributed by atoms with E-state index in [-0.39, 0.29) is 0 Å². The number of hydrogen-bond donors (Lipinski definition) is 1. The minimum absolute atomic E-state index is 0.385. The highest BCUT2D eigenvalue weighted by molar-refractivity contribution is 5.79. The number of aryl methyl sites for hydroxylation is 1. The van der Waals surface area contributed by atoms with Crippen molar-refractivity contribution in [2.75, 3.05) is 0 Å². The molecule has 1 fully saturated rings. The Kier molecular flexibility index (Phi) is 3.04. The molecule has 2 heteroatoms. The lowest BCUT2D eigenvalue weighted by Gasteiger charge is -2.27. The van der Waals surface area contributed by atoms with Crippen molar-refractivity contribution < 1.29 is 0 Å². The Labute approximate surface area is 108 Å². The van der Waals surface area contributed by atoms with Crippen LogP contribution in [-0.4, -0.2) is 11.0 Å². The van der Waals surface area contributed by atoms with Gasteiger partial charge < -0.3 is 5.73 Å². The molecular weight excluding hydrogens is 220 g/mol. The van der Waals surface area contributed by atoms with Gasteiger partial charge in [-0.1, -0.05) is 18.6 Å². The number of benzene rings is 1. The van der Waals surface area contributed by atoms with E-state index in [1.54, 1.807) is 0 Å². The van der Waals surface area contributed by atoms with Gasteiger partial charge in [-0.3, -0.25) is 4.98 Å². The van der Waals surface area contributed by atoms with Crippen LogP contribution < -0.4 is 5.73 Å². The maximum atomic E-state index is 6.08. The van der Waals surface area contributed by atoms with Gasteiger partial charge in [-0.25, -0.2) is 0 Å². The molecule has 1 aromatic heterocycles. The van der Waals surface area contributed by atoms with Gasteiger partial charge in [0.1, 0.15) is 0 Å². The molecule has 3 rings (SSSR count). The third-order valence-electron chi connectivity index (χ3n) is 4.04. The Morgan fingerprint density at radius 1 is 1.17 bits per heavy atom. The van der Waals surface area contributed by atoms with E-state index in [4.69, 9.17) is 5.73 Å². The van der Waals surface area contributed by atoms with E-state index >= 15 is 0 Å². The van der Waals surface area contributed by atoms with E-state index < -0.39 is 0 Å². The summed E-state index contributed by atoms with van der Waals surface area (Å²) < 4.78 is 0. The van der Waals surface area contributed by atoms with Gasteiger partial charge in [0.2, 0.25) is 0 Å². The molecular formula is C16H20N2. The maximum Gasteiger partial charge on any atom is 0.0705 e. The van der Waals surface area contributed by atoms with E-state index in [2.05, 4.69) is 35.3 Å². The summed E-state index contributed by atoms with van der Waals surface area (Å²) in [4.78, 5) is 4.55. The fourth-order valence-electron chi connectivity index (χ4n) is 3.03. The van der Waals surface area contributed by atoms with E-state index in [0.717, 1.165) is 17.6 Å². The highest BCUT2D eigenvalue weighted by atomic mass is 14.7. The zero-order valence-electron chi connectivity index (χ0n) is 10.9. The smallest absolute Gasteiger partial charge is 0.0705 e. The van der Waals surface area contributed by atoms with Gasteiger partial charge in [0.15, 0.2) is 0 Å². The van der Waals surface area contributed by atoms with Crippen molar-refractivity contribution in [3.8, 4) is 0 Å². The van der Waals surface area contributed by atoms with E-state index in [1.807, 2.05) is 6.92 Å². The molecule has 2 aromatic rings. The summed E-state index contributed by atoms with van der Waals surface area (Å²) in [5, 5.41) is 1.25. The molecule has 2 nitrogen and oxygen atoms in total. The second-order valence-electron chi connectivity index (χ2n) is 5.53. The Balaban J connectivity index is 1.95. The van der Waals surface area contributed by atoms with Crippen LogP contribution in [0.25, 0.3) is 10.9 Å². The minimum Gasteiger partial charge on any atom is -0.328 e. The molecule has 2 atom stereocenters. The summed E-state index contributed by atoms with van der Waals surface area (Å²) in [5.74, 6) is 0.638. The number of nitrogens with zero attached hydrogens (tertiary/aromatic N) is 1. The molecule has 1 aromatic carbocycles. The maximum absolute atomic E-state index is 6.08. The molecule has 2 unspecified atom stereocenters. The minimum atomic E-state index is 0.385. The predicted octanol–water partition coefficient (Wildman–Crippen LogP) is 3.53. The van der Waals surface area contributed by atoms with Gasteiger partial charge in [0.05, 0.1) is 5.52 Å². The number of hydrogen-bond acceptors (Lipinski definition) is 2. The van der Waals surface area contributed by atoms with E-state index in [0.29, 0.717) is 12.0 Å². The summed E-state index contributed by atoms with van der Waals surface area (Å²) in [5.41, 5.74) is 9.69. The van der Waals surface area contributed by atoms with Crippen molar-refractivity contribution in [3.05, 3.63) is 41.6 Å². The SMILES string of the molecule is Cc1ccc2cc(C3CCCC(N)C3)ccc2n1. The zero-order chi connectivity index (χ0) is 12.5. The lowest BCUT2D eigenvalue weighted by Crippen LogP contribution is -2.26. The summed E-state index contributed by atoms with van der Waals surface area (Å²) in [6, 6.07) is 11.3. The molecule has 1 aliphatic carbocycles. The average Bonchev–Trinajstić information content (AvgIpc) is 2.38. The van der Waals surface area contributed by atoms with Gasteiger partial charge in [0.25, 0.3) is 0 Å². The van der Waals surface area contributed by atoms with Crippen molar-refractivity contribution in [3.63, 3.8) is 0 Å². The first kappa shape index (κ1) is 11.7. The topological polar surface area (TPSA) is 38.9 Å². The molecule has 0 radical (unpaired) electrons. The van der Waals surface area contributed by atoms with Crippen molar-refractivity contribution in [2.24, 2.45) is 5.73 Å². The van der Waals surface area contributed by atoms with Crippen LogP contribution in [0.15, 0.2) is 30.3 Å². The quantitative estimate of drug-likeness (QED) is 0.828. The fourth-order valence-corrected chi connectivity index (χ4v) is 3.03. The highest BCUT2D eigenvalue weighted by Crippen LogP contribution is 2.33. The monoisotopic (exact) mass is 240 g/mol. The Morgan fingerprint density at radius 2 is 2.06 bits per heavy atom. The molecule has 94 valence electrons. The third-order valence-corrected chi connectivity index (χ3v) is 4.04. The molecule has 1 aliphatic rings. The van der Waals surface area contributed by atoms with Gasteiger partial charge in [0, 0.05) is 17.1 Å². The molecule has 0 spiro atoms. The molecule has 2 N–H and O–H groups in total. The largest absolute Gasteiger partial charge is 0.328 e. The second kappa shape index (κ2) is 4.69. The first-order valence-electron chi connectivity index (χ1n) is 6.85. The first-order chi connectivity index (χ1) is 8.72. The highest BCUT2D eigenvalue weighted by Gasteiger charge is 2.20. The van der Waals surface area contributed by atoms with Gasteiger partial charge in [-0.05, 0) is 55.9 Å². The Bertz CT molecular complexity index is 562. The van der Waals surface area contributed by atoms with Crippen LogP contribution in [0.5, 0.6) is 0 Å². The summed E-state index contributed by atoms with van der Waals surface area (Å²) in [6.07, 6.45) is 4.85. The van der Waals surface area contributed by atoms with E-state index in [9.17, 15) is 0 Å². The van der Waals surface area contributed by atoms with Crippen LogP contribution in [0, 0.1) is 6.92 Å². The third kappa shape index (κ3) is 2.25. The zero-order valence-corrected chi connectivity index (χ0v) is 10.9. The molecule has 0 bridgehead atoms. The molecule has 0 saturated heterocycles. The molecule has 0 aliphatic heterocycles. The van der Waals surface area contributed by atoms with Crippen LogP contribution in [0.3, 0.4) is 0 Å². The van der Waals surface area contributed by atoms with Crippen LogP contribution in [0.1, 0.15) is 42.9 Å². The van der Waals surface area contributed by atoms with Gasteiger partial charge in [-0.15, -0.1) is 0 Å². The van der Waals surface area contributed by atoms with Crippen molar-refractivity contribution in [1.82, 2.24) is 4.98 Å². The number of aromatic nitrogens is 1. The molecule has 1 heterocycles. The number of nitrogens with two attached hydrogens (primary N) is 1. The van der Waals surface area contributed by atoms with Crippen LogP contribution in [0.4, 0.5) is 0 Å². The predicted molar refractivity (Wildman–Crippen MR) is 75.7 cm³/mol. The summed E-state index contributed by atoms with van der Waals surface area (Å²) >= 11 is 0.